The number of aryl methyl sites for hydroxylation is 1. The van der Waals surface area contributed by atoms with Crippen LogP contribution in [0.15, 0.2) is 46.1 Å². The molecule has 0 radical (unpaired) electrons. The lowest BCUT2D eigenvalue weighted by Gasteiger charge is -2.16. The van der Waals surface area contributed by atoms with Crippen molar-refractivity contribution in [3.8, 4) is 0 Å². The molecule has 0 aliphatic carbocycles. The SMILES string of the molecule is Cc1cn([C@H]2CC(O)[C@@H](COCc3ccccc3)O2)c(=O)[nH]c1=O. The molecular weight excluding hydrogens is 312 g/mol. The highest BCUT2D eigenvalue weighted by atomic mass is 16.6. The highest BCUT2D eigenvalue weighted by molar-refractivity contribution is 5.13. The summed E-state index contributed by atoms with van der Waals surface area (Å²) in [5.41, 5.74) is 0.483. The molecule has 1 saturated heterocycles. The summed E-state index contributed by atoms with van der Waals surface area (Å²) < 4.78 is 12.6. The molecule has 7 heteroatoms. The predicted octanol–water partition coefficient (Wildman–Crippen LogP) is 0.710. The number of ether oxygens (including phenoxy) is 2. The second-order valence-corrected chi connectivity index (χ2v) is 5.91. The quantitative estimate of drug-likeness (QED) is 0.841. The smallest absolute Gasteiger partial charge is 0.330 e. The van der Waals surface area contributed by atoms with Gasteiger partial charge in [0, 0.05) is 18.2 Å². The van der Waals surface area contributed by atoms with E-state index in [1.54, 1.807) is 6.92 Å². The number of H-pyrrole nitrogens is 1. The molecule has 2 N–H and O–H groups in total. The Morgan fingerprint density at radius 1 is 1.33 bits per heavy atom. The zero-order valence-corrected chi connectivity index (χ0v) is 13.3. The fraction of sp³-hybridized carbons (Fsp3) is 0.412. The molecule has 0 spiro atoms. The molecule has 1 aliphatic heterocycles. The predicted molar refractivity (Wildman–Crippen MR) is 86.7 cm³/mol. The summed E-state index contributed by atoms with van der Waals surface area (Å²) in [6.07, 6.45) is -0.146. The van der Waals surface area contributed by atoms with Gasteiger partial charge in [0.2, 0.25) is 0 Å². The van der Waals surface area contributed by atoms with Gasteiger partial charge in [-0.25, -0.2) is 4.79 Å². The third-order valence-corrected chi connectivity index (χ3v) is 4.05. The molecule has 128 valence electrons. The van der Waals surface area contributed by atoms with Crippen molar-refractivity contribution in [1.29, 1.82) is 0 Å². The molecule has 2 heterocycles. The van der Waals surface area contributed by atoms with Gasteiger partial charge in [-0.2, -0.15) is 0 Å². The van der Waals surface area contributed by atoms with E-state index in [-0.39, 0.29) is 13.0 Å². The van der Waals surface area contributed by atoms with Crippen molar-refractivity contribution in [3.63, 3.8) is 0 Å². The van der Waals surface area contributed by atoms with Gasteiger partial charge >= 0.3 is 5.69 Å². The van der Waals surface area contributed by atoms with Crippen LogP contribution in [0.4, 0.5) is 0 Å². The summed E-state index contributed by atoms with van der Waals surface area (Å²) in [4.78, 5) is 25.6. The van der Waals surface area contributed by atoms with E-state index in [4.69, 9.17) is 9.47 Å². The van der Waals surface area contributed by atoms with Crippen LogP contribution in [0, 0.1) is 6.92 Å². The molecule has 3 atom stereocenters. The number of aliphatic hydroxyl groups is 1. The summed E-state index contributed by atoms with van der Waals surface area (Å²) >= 11 is 0. The van der Waals surface area contributed by atoms with Crippen molar-refractivity contribution >= 4 is 0 Å². The summed E-state index contributed by atoms with van der Waals surface area (Å²) in [6.45, 7) is 2.26. The monoisotopic (exact) mass is 332 g/mol. The number of aliphatic hydroxyl groups excluding tert-OH is 1. The fourth-order valence-electron chi connectivity index (χ4n) is 2.70. The number of aromatic nitrogens is 2. The average Bonchev–Trinajstić information content (AvgIpc) is 2.93. The Balaban J connectivity index is 1.61. The number of nitrogens with one attached hydrogen (secondary N) is 1. The standard InChI is InChI=1S/C17H20N2O5/c1-11-8-19(17(22)18-16(11)21)15-7-13(20)14(24-15)10-23-9-12-5-3-2-4-6-12/h2-6,8,13-15,20H,7,9-10H2,1H3,(H,18,21,22)/t13?,14-,15-/m1/s1. The molecule has 3 rings (SSSR count). The lowest BCUT2D eigenvalue weighted by atomic mass is 10.2. The average molecular weight is 332 g/mol. The second-order valence-electron chi connectivity index (χ2n) is 5.91. The lowest BCUT2D eigenvalue weighted by Crippen LogP contribution is -2.33. The number of rotatable bonds is 5. The zero-order valence-electron chi connectivity index (χ0n) is 13.3. The van der Waals surface area contributed by atoms with E-state index in [2.05, 4.69) is 4.98 Å². The Hall–Kier alpha value is -2.22. The van der Waals surface area contributed by atoms with Crippen LogP contribution in [0.25, 0.3) is 0 Å². The van der Waals surface area contributed by atoms with Crippen molar-refractivity contribution in [2.24, 2.45) is 0 Å². The maximum atomic E-state index is 11.9. The third kappa shape index (κ3) is 3.64. The van der Waals surface area contributed by atoms with Crippen molar-refractivity contribution in [2.45, 2.75) is 38.4 Å². The van der Waals surface area contributed by atoms with Crippen LogP contribution >= 0.6 is 0 Å². The highest BCUT2D eigenvalue weighted by Gasteiger charge is 2.35. The van der Waals surface area contributed by atoms with Crippen LogP contribution in [0.1, 0.15) is 23.8 Å². The Labute approximate surface area is 138 Å². The van der Waals surface area contributed by atoms with Crippen LogP contribution in [0.5, 0.6) is 0 Å². The van der Waals surface area contributed by atoms with Crippen molar-refractivity contribution in [1.82, 2.24) is 9.55 Å². The number of aromatic amines is 1. The van der Waals surface area contributed by atoms with Gasteiger partial charge in [0.05, 0.1) is 19.3 Å². The van der Waals surface area contributed by atoms with E-state index >= 15 is 0 Å². The maximum Gasteiger partial charge on any atom is 0.330 e. The first kappa shape index (κ1) is 16.6. The highest BCUT2D eigenvalue weighted by Crippen LogP contribution is 2.27. The van der Waals surface area contributed by atoms with Gasteiger partial charge < -0.3 is 14.6 Å². The van der Waals surface area contributed by atoms with Crippen LogP contribution < -0.4 is 11.2 Å². The Morgan fingerprint density at radius 3 is 2.83 bits per heavy atom. The maximum absolute atomic E-state index is 11.9. The molecule has 0 bridgehead atoms. The van der Waals surface area contributed by atoms with Crippen LogP contribution in [0.3, 0.4) is 0 Å². The van der Waals surface area contributed by atoms with E-state index < -0.39 is 29.7 Å². The van der Waals surface area contributed by atoms with E-state index in [0.717, 1.165) is 5.56 Å². The number of hydrogen-bond acceptors (Lipinski definition) is 5. The summed E-state index contributed by atoms with van der Waals surface area (Å²) in [7, 11) is 0. The van der Waals surface area contributed by atoms with Gasteiger partial charge in [0.1, 0.15) is 12.3 Å². The topological polar surface area (TPSA) is 93.6 Å². The minimum atomic E-state index is -0.732. The van der Waals surface area contributed by atoms with Gasteiger partial charge in [-0.1, -0.05) is 30.3 Å². The molecule has 7 nitrogen and oxygen atoms in total. The van der Waals surface area contributed by atoms with Gasteiger partial charge in [0.15, 0.2) is 0 Å². The summed E-state index contributed by atoms with van der Waals surface area (Å²) in [6, 6.07) is 9.71. The van der Waals surface area contributed by atoms with Gasteiger partial charge in [-0.05, 0) is 12.5 Å². The molecule has 0 saturated carbocycles. The molecule has 24 heavy (non-hydrogen) atoms. The minimum absolute atomic E-state index is 0.226. The van der Waals surface area contributed by atoms with E-state index in [1.165, 1.54) is 10.8 Å². The molecule has 1 fully saturated rings. The third-order valence-electron chi connectivity index (χ3n) is 4.05. The first-order valence-electron chi connectivity index (χ1n) is 7.82. The normalized spacial score (nSPS) is 23.5. The Kier molecular flexibility index (Phi) is 4.94. The molecular formula is C17H20N2O5. The molecule has 0 amide bonds. The number of benzene rings is 1. The van der Waals surface area contributed by atoms with Crippen LogP contribution in [-0.4, -0.2) is 33.5 Å². The van der Waals surface area contributed by atoms with E-state index in [0.29, 0.717) is 12.2 Å². The minimum Gasteiger partial charge on any atom is -0.390 e. The van der Waals surface area contributed by atoms with Crippen molar-refractivity contribution in [3.05, 3.63) is 68.5 Å². The molecule has 1 unspecified atom stereocenters. The van der Waals surface area contributed by atoms with E-state index in [9.17, 15) is 14.7 Å². The first-order chi connectivity index (χ1) is 11.5. The Morgan fingerprint density at radius 2 is 2.08 bits per heavy atom. The summed E-state index contributed by atoms with van der Waals surface area (Å²) in [5.74, 6) is 0. The van der Waals surface area contributed by atoms with Crippen LogP contribution in [-0.2, 0) is 16.1 Å². The largest absolute Gasteiger partial charge is 0.390 e. The first-order valence-corrected chi connectivity index (χ1v) is 7.82. The van der Waals surface area contributed by atoms with Gasteiger partial charge in [0.25, 0.3) is 5.56 Å². The van der Waals surface area contributed by atoms with Crippen molar-refractivity contribution < 1.29 is 14.6 Å². The number of hydrogen-bond donors (Lipinski definition) is 2. The molecule has 1 aliphatic rings. The fourth-order valence-corrected chi connectivity index (χ4v) is 2.70. The molecule has 1 aromatic carbocycles. The van der Waals surface area contributed by atoms with Gasteiger partial charge in [-0.15, -0.1) is 0 Å². The lowest BCUT2D eigenvalue weighted by molar-refractivity contribution is -0.0667. The van der Waals surface area contributed by atoms with Crippen molar-refractivity contribution in [2.75, 3.05) is 6.61 Å². The molecule has 2 aromatic rings. The zero-order chi connectivity index (χ0) is 17.1. The number of nitrogens with zero attached hydrogens (tertiary/aromatic N) is 1. The second kappa shape index (κ2) is 7.12. The Bertz CT molecular complexity index is 799. The van der Waals surface area contributed by atoms with E-state index in [1.807, 2.05) is 30.3 Å². The van der Waals surface area contributed by atoms with Crippen LogP contribution in [0.2, 0.25) is 0 Å². The van der Waals surface area contributed by atoms with Gasteiger partial charge in [-0.3, -0.25) is 14.3 Å². The summed E-state index contributed by atoms with van der Waals surface area (Å²) in [5, 5.41) is 10.1. The molecule has 1 aromatic heterocycles.